The maximum atomic E-state index is 8.85. The maximum Gasteiger partial charge on any atom is 0.161 e. The highest BCUT2D eigenvalue weighted by Gasteiger charge is 2.23. The summed E-state index contributed by atoms with van der Waals surface area (Å²) in [6.07, 6.45) is 6.29. The molecule has 21 heavy (non-hydrogen) atoms. The predicted octanol–water partition coefficient (Wildman–Crippen LogP) is 4.24. The van der Waals surface area contributed by atoms with E-state index in [0.29, 0.717) is 11.5 Å². The number of ether oxygens (including phenoxy) is 2. The Morgan fingerprint density at radius 3 is 2.81 bits per heavy atom. The second-order valence-electron chi connectivity index (χ2n) is 5.73. The van der Waals surface area contributed by atoms with Gasteiger partial charge in [-0.1, -0.05) is 24.9 Å². The van der Waals surface area contributed by atoms with Crippen LogP contribution in [0.15, 0.2) is 23.4 Å². The summed E-state index contributed by atoms with van der Waals surface area (Å²) in [5.41, 5.74) is 1.39. The lowest BCUT2D eigenvalue weighted by atomic mass is 9.85. The Bertz CT molecular complexity index is 499. The molecule has 1 aliphatic carbocycles. The van der Waals surface area contributed by atoms with Crippen molar-refractivity contribution in [3.63, 3.8) is 0 Å². The van der Waals surface area contributed by atoms with E-state index in [4.69, 9.17) is 14.7 Å². The van der Waals surface area contributed by atoms with Gasteiger partial charge in [-0.2, -0.15) is 0 Å². The zero-order valence-electron chi connectivity index (χ0n) is 13.1. The van der Waals surface area contributed by atoms with Crippen LogP contribution >= 0.6 is 0 Å². The van der Waals surface area contributed by atoms with Crippen molar-refractivity contribution in [3.05, 3.63) is 23.8 Å². The highest BCUT2D eigenvalue weighted by Crippen LogP contribution is 2.34. The first-order valence-corrected chi connectivity index (χ1v) is 7.71. The van der Waals surface area contributed by atoms with Gasteiger partial charge in [0.15, 0.2) is 11.5 Å². The Hall–Kier alpha value is -1.71. The zero-order valence-corrected chi connectivity index (χ0v) is 13.1. The van der Waals surface area contributed by atoms with Gasteiger partial charge in [0.25, 0.3) is 0 Å². The van der Waals surface area contributed by atoms with Crippen molar-refractivity contribution in [2.75, 3.05) is 7.11 Å². The van der Waals surface area contributed by atoms with Gasteiger partial charge in [0.2, 0.25) is 0 Å². The molecule has 0 heterocycles. The van der Waals surface area contributed by atoms with E-state index in [-0.39, 0.29) is 6.10 Å². The number of methoxy groups -OCH3 is 1. The maximum absolute atomic E-state index is 8.85. The van der Waals surface area contributed by atoms with Gasteiger partial charge >= 0.3 is 0 Å². The van der Waals surface area contributed by atoms with Gasteiger partial charge in [0, 0.05) is 5.56 Å². The predicted molar refractivity (Wildman–Crippen MR) is 83.7 cm³/mol. The van der Waals surface area contributed by atoms with Crippen molar-refractivity contribution in [2.45, 2.75) is 52.1 Å². The van der Waals surface area contributed by atoms with E-state index in [1.54, 1.807) is 14.0 Å². The number of nitrogens with zero attached hydrogens (tertiary/aromatic N) is 1. The van der Waals surface area contributed by atoms with Crippen molar-refractivity contribution >= 4 is 5.71 Å². The molecule has 2 unspecified atom stereocenters. The van der Waals surface area contributed by atoms with E-state index in [9.17, 15) is 0 Å². The van der Waals surface area contributed by atoms with Crippen molar-refractivity contribution in [2.24, 2.45) is 11.1 Å². The second kappa shape index (κ2) is 7.34. The fourth-order valence-corrected chi connectivity index (χ4v) is 2.95. The van der Waals surface area contributed by atoms with Gasteiger partial charge in [0.05, 0.1) is 18.9 Å². The molecule has 0 amide bonds. The molecule has 1 aliphatic rings. The minimum absolute atomic E-state index is 0.274. The molecule has 0 radical (unpaired) electrons. The fraction of sp³-hybridized carbons (Fsp3) is 0.588. The quantitative estimate of drug-likeness (QED) is 0.501. The van der Waals surface area contributed by atoms with Crippen LogP contribution in [0, 0.1) is 5.92 Å². The number of benzene rings is 1. The summed E-state index contributed by atoms with van der Waals surface area (Å²) in [6, 6.07) is 5.65. The van der Waals surface area contributed by atoms with Gasteiger partial charge < -0.3 is 14.7 Å². The molecule has 0 saturated heterocycles. The number of rotatable bonds is 5. The van der Waals surface area contributed by atoms with Crippen LogP contribution < -0.4 is 9.47 Å². The molecule has 116 valence electrons. The Balaban J connectivity index is 2.12. The Morgan fingerprint density at radius 1 is 1.33 bits per heavy atom. The third kappa shape index (κ3) is 3.90. The molecule has 1 N–H and O–H groups in total. The monoisotopic (exact) mass is 291 g/mol. The second-order valence-corrected chi connectivity index (χ2v) is 5.73. The van der Waals surface area contributed by atoms with Crippen LogP contribution in [0.25, 0.3) is 0 Å². The molecular weight excluding hydrogens is 266 g/mol. The number of hydrogen-bond donors (Lipinski definition) is 1. The summed E-state index contributed by atoms with van der Waals surface area (Å²) in [4.78, 5) is 0. The molecule has 2 atom stereocenters. The molecule has 0 aliphatic heterocycles. The average molecular weight is 291 g/mol. The van der Waals surface area contributed by atoms with Crippen LogP contribution in [0.2, 0.25) is 0 Å². The topological polar surface area (TPSA) is 51.0 Å². The van der Waals surface area contributed by atoms with Gasteiger partial charge in [-0.05, 0) is 50.3 Å². The molecule has 0 aromatic heterocycles. The average Bonchev–Trinajstić information content (AvgIpc) is 2.54. The highest BCUT2D eigenvalue weighted by atomic mass is 16.5. The van der Waals surface area contributed by atoms with E-state index in [0.717, 1.165) is 30.1 Å². The number of oxime groups is 1. The summed E-state index contributed by atoms with van der Waals surface area (Å²) >= 11 is 0. The fourth-order valence-electron chi connectivity index (χ4n) is 2.95. The smallest absolute Gasteiger partial charge is 0.161 e. The molecule has 1 saturated carbocycles. The third-order valence-corrected chi connectivity index (χ3v) is 4.34. The number of hydrogen-bond acceptors (Lipinski definition) is 4. The van der Waals surface area contributed by atoms with E-state index < -0.39 is 0 Å². The minimum atomic E-state index is 0.274. The van der Waals surface area contributed by atoms with Crippen molar-refractivity contribution in [3.8, 4) is 11.5 Å². The highest BCUT2D eigenvalue weighted by molar-refractivity contribution is 5.98. The molecule has 0 bridgehead atoms. The van der Waals surface area contributed by atoms with Crippen LogP contribution in [0.5, 0.6) is 11.5 Å². The largest absolute Gasteiger partial charge is 0.493 e. The van der Waals surface area contributed by atoms with Crippen LogP contribution in [0.4, 0.5) is 0 Å². The first-order chi connectivity index (χ1) is 10.2. The molecule has 1 aromatic rings. The summed E-state index contributed by atoms with van der Waals surface area (Å²) < 4.78 is 11.6. The SMILES string of the molecule is CCC1CCCC(Oc2ccc(C(C)=NO)cc2OC)C1. The molecule has 1 aromatic carbocycles. The van der Waals surface area contributed by atoms with Crippen LogP contribution in [-0.2, 0) is 0 Å². The summed E-state index contributed by atoms with van der Waals surface area (Å²) in [5.74, 6) is 2.24. The normalized spacial score (nSPS) is 22.9. The Morgan fingerprint density at radius 2 is 2.14 bits per heavy atom. The van der Waals surface area contributed by atoms with Gasteiger partial charge in [-0.25, -0.2) is 0 Å². The molecule has 4 heteroatoms. The summed E-state index contributed by atoms with van der Waals surface area (Å²) in [5, 5.41) is 12.1. The van der Waals surface area contributed by atoms with Crippen molar-refractivity contribution < 1.29 is 14.7 Å². The molecule has 0 spiro atoms. The lowest BCUT2D eigenvalue weighted by Gasteiger charge is -2.29. The van der Waals surface area contributed by atoms with Crippen molar-refractivity contribution in [1.29, 1.82) is 0 Å². The third-order valence-electron chi connectivity index (χ3n) is 4.34. The van der Waals surface area contributed by atoms with Gasteiger partial charge in [-0.3, -0.25) is 0 Å². The Labute approximate surface area is 126 Å². The van der Waals surface area contributed by atoms with E-state index >= 15 is 0 Å². The van der Waals surface area contributed by atoms with Crippen LogP contribution in [0.1, 0.15) is 51.5 Å². The molecule has 1 fully saturated rings. The first kappa shape index (κ1) is 15.7. The Kier molecular flexibility index (Phi) is 5.48. The van der Waals surface area contributed by atoms with Crippen LogP contribution in [-0.4, -0.2) is 24.1 Å². The minimum Gasteiger partial charge on any atom is -0.493 e. The van der Waals surface area contributed by atoms with Crippen molar-refractivity contribution in [1.82, 2.24) is 0 Å². The standard InChI is InChI=1S/C17H25NO3/c1-4-13-6-5-7-15(10-13)21-16-9-8-14(12(2)18-19)11-17(16)20-3/h8-9,11,13,15,19H,4-7,10H2,1-3H3. The van der Waals surface area contributed by atoms with Crippen LogP contribution in [0.3, 0.4) is 0 Å². The molecule has 2 rings (SSSR count). The molecule has 4 nitrogen and oxygen atoms in total. The first-order valence-electron chi connectivity index (χ1n) is 7.71. The zero-order chi connectivity index (χ0) is 15.2. The van der Waals surface area contributed by atoms with Gasteiger partial charge in [0.1, 0.15) is 0 Å². The summed E-state index contributed by atoms with van der Waals surface area (Å²) in [6.45, 7) is 4.00. The van der Waals surface area contributed by atoms with E-state index in [2.05, 4.69) is 12.1 Å². The molecular formula is C17H25NO3. The summed E-state index contributed by atoms with van der Waals surface area (Å²) in [7, 11) is 1.63. The van der Waals surface area contributed by atoms with E-state index in [1.165, 1.54) is 19.3 Å². The van der Waals surface area contributed by atoms with E-state index in [1.807, 2.05) is 18.2 Å². The van der Waals surface area contributed by atoms with Gasteiger partial charge in [-0.15, -0.1) is 0 Å². The lowest BCUT2D eigenvalue weighted by molar-refractivity contribution is 0.118. The lowest BCUT2D eigenvalue weighted by Crippen LogP contribution is -2.25.